The van der Waals surface area contributed by atoms with Crippen LogP contribution in [-0.2, 0) is 0 Å². The lowest BCUT2D eigenvalue weighted by molar-refractivity contribution is 0.0904. The van der Waals surface area contributed by atoms with Crippen molar-refractivity contribution >= 4 is 28.4 Å². The molecule has 2 aliphatic rings. The highest BCUT2D eigenvalue weighted by Crippen LogP contribution is 2.39. The lowest BCUT2D eigenvalue weighted by Gasteiger charge is -2.24. The molecule has 4 aromatic heterocycles. The van der Waals surface area contributed by atoms with Crippen LogP contribution in [0.1, 0.15) is 60.5 Å². The van der Waals surface area contributed by atoms with Crippen molar-refractivity contribution in [2.75, 3.05) is 0 Å². The second kappa shape index (κ2) is 8.76. The molecule has 34 heavy (non-hydrogen) atoms. The Morgan fingerprint density at radius 1 is 1.06 bits per heavy atom. The maximum Gasteiger partial charge on any atom is 0.169 e. The summed E-state index contributed by atoms with van der Waals surface area (Å²) in [5.41, 5.74) is 6.19. The van der Waals surface area contributed by atoms with E-state index < -0.39 is 0 Å². The Morgan fingerprint density at radius 3 is 2.88 bits per heavy atom. The fourth-order valence-corrected chi connectivity index (χ4v) is 5.68. The molecular weight excluding hydrogens is 446 g/mol. The number of hydrogen-bond acceptors (Lipinski definition) is 4. The smallest absolute Gasteiger partial charge is 0.169 e. The van der Waals surface area contributed by atoms with Crippen molar-refractivity contribution in [1.29, 1.82) is 0 Å². The van der Waals surface area contributed by atoms with E-state index in [2.05, 4.69) is 22.6 Å². The summed E-state index contributed by atoms with van der Waals surface area (Å²) in [6.45, 7) is 0. The Balaban J connectivity index is 1.35. The van der Waals surface area contributed by atoms with Crippen LogP contribution in [0, 0.1) is 5.92 Å². The summed E-state index contributed by atoms with van der Waals surface area (Å²) in [5, 5.41) is 13.5. The van der Waals surface area contributed by atoms with Crippen LogP contribution in [0.2, 0.25) is 5.02 Å². The van der Waals surface area contributed by atoms with E-state index in [1.165, 1.54) is 11.3 Å². The molecule has 1 aliphatic carbocycles. The van der Waals surface area contributed by atoms with E-state index in [0.717, 1.165) is 60.8 Å². The third kappa shape index (κ3) is 3.72. The molecule has 0 spiro atoms. The van der Waals surface area contributed by atoms with E-state index in [4.69, 9.17) is 16.7 Å². The van der Waals surface area contributed by atoms with Gasteiger partial charge in [-0.25, -0.2) is 9.03 Å². The second-order valence-corrected chi connectivity index (χ2v) is 9.59. The molecule has 5 heterocycles. The number of allylic oxidation sites excluding steroid dienone is 3. The maximum atomic E-state index is 13.7. The number of ketones is 1. The molecule has 0 saturated carbocycles. The summed E-state index contributed by atoms with van der Waals surface area (Å²) in [5.74, 6) is 0.301. The Morgan fingerprint density at radius 2 is 1.97 bits per heavy atom. The predicted octanol–water partition coefficient (Wildman–Crippen LogP) is 5.94. The monoisotopic (exact) mass is 471 g/mol. The number of dihydropyridines is 1. The normalized spacial score (nSPS) is 21.1. The van der Waals surface area contributed by atoms with Crippen molar-refractivity contribution < 1.29 is 4.79 Å². The Kier molecular flexibility index (Phi) is 5.46. The maximum absolute atomic E-state index is 13.7. The number of hydrogen-bond donors (Lipinski definition) is 1. The highest BCUT2D eigenvalue weighted by Gasteiger charge is 2.30. The molecule has 4 aromatic rings. The summed E-state index contributed by atoms with van der Waals surface area (Å²) >= 11 is 6.45. The molecule has 172 valence electrons. The topological polar surface area (TPSA) is 63.7 Å². The molecule has 2 atom stereocenters. The average molecular weight is 472 g/mol. The van der Waals surface area contributed by atoms with Gasteiger partial charge in [-0.3, -0.25) is 4.79 Å². The van der Waals surface area contributed by atoms with Crippen LogP contribution in [0.5, 0.6) is 0 Å². The number of fused-ring (bicyclic) bond motifs is 2. The van der Waals surface area contributed by atoms with E-state index >= 15 is 0 Å². The largest absolute Gasteiger partial charge is 0.365 e. The SMILES string of the molecule is O=C(c1cnn2ccccc12)C1CCCC2=C(CC=CN2)[C@@H](c2cc3c(Cl)cccn3n2)CC1. The van der Waals surface area contributed by atoms with E-state index in [9.17, 15) is 4.79 Å². The predicted molar refractivity (Wildman–Crippen MR) is 133 cm³/mol. The fourth-order valence-electron chi connectivity index (χ4n) is 5.46. The second-order valence-electron chi connectivity index (χ2n) is 9.18. The van der Waals surface area contributed by atoms with E-state index in [1.54, 1.807) is 10.7 Å². The minimum Gasteiger partial charge on any atom is -0.365 e. The zero-order chi connectivity index (χ0) is 23.1. The van der Waals surface area contributed by atoms with Crippen LogP contribution in [0.15, 0.2) is 78.5 Å². The third-order valence-electron chi connectivity index (χ3n) is 7.19. The van der Waals surface area contributed by atoms with Crippen molar-refractivity contribution in [2.24, 2.45) is 5.92 Å². The number of nitrogens with one attached hydrogen (secondary N) is 1. The van der Waals surface area contributed by atoms with Crippen molar-refractivity contribution in [3.8, 4) is 0 Å². The number of halogens is 1. The van der Waals surface area contributed by atoms with Crippen LogP contribution in [0.3, 0.4) is 0 Å². The first kappa shape index (κ1) is 21.2. The average Bonchev–Trinajstić information content (AvgIpc) is 3.50. The van der Waals surface area contributed by atoms with Crippen LogP contribution < -0.4 is 5.32 Å². The van der Waals surface area contributed by atoms with Crippen molar-refractivity contribution in [3.63, 3.8) is 0 Å². The Hall–Kier alpha value is -3.38. The van der Waals surface area contributed by atoms with Gasteiger partial charge in [-0.1, -0.05) is 23.7 Å². The number of rotatable bonds is 3. The molecule has 1 aliphatic heterocycles. The molecule has 1 unspecified atom stereocenters. The molecular formula is C27H26ClN5O. The summed E-state index contributed by atoms with van der Waals surface area (Å²) in [6.07, 6.45) is 15.1. The molecule has 6 rings (SSSR count). The van der Waals surface area contributed by atoms with Crippen molar-refractivity contribution in [3.05, 3.63) is 94.8 Å². The summed E-state index contributed by atoms with van der Waals surface area (Å²) in [6, 6.07) is 11.8. The van der Waals surface area contributed by atoms with E-state index in [1.807, 2.05) is 53.4 Å². The molecule has 1 N–H and O–H groups in total. The van der Waals surface area contributed by atoms with Gasteiger partial charge in [0.1, 0.15) is 0 Å². The number of Topliss-reactive ketones (excluding diaryl/α,β-unsaturated/α-hetero) is 1. The number of pyridine rings is 2. The lowest BCUT2D eigenvalue weighted by atomic mass is 9.83. The van der Waals surface area contributed by atoms with Gasteiger partial charge in [0.25, 0.3) is 0 Å². The fraction of sp³-hybridized carbons (Fsp3) is 0.296. The number of aromatic nitrogens is 4. The molecule has 0 saturated heterocycles. The molecule has 7 heteroatoms. The van der Waals surface area contributed by atoms with Gasteiger partial charge in [0.2, 0.25) is 0 Å². The first-order valence-corrected chi connectivity index (χ1v) is 12.3. The van der Waals surface area contributed by atoms with Crippen LogP contribution >= 0.6 is 11.6 Å². The molecule has 0 amide bonds. The van der Waals surface area contributed by atoms with Gasteiger partial charge >= 0.3 is 0 Å². The summed E-state index contributed by atoms with van der Waals surface area (Å²) in [4.78, 5) is 13.7. The van der Waals surface area contributed by atoms with Crippen molar-refractivity contribution in [2.45, 2.75) is 44.4 Å². The van der Waals surface area contributed by atoms with Gasteiger partial charge in [-0.2, -0.15) is 10.2 Å². The molecule has 0 fully saturated rings. The van der Waals surface area contributed by atoms with Gasteiger partial charge in [-0.15, -0.1) is 0 Å². The highest BCUT2D eigenvalue weighted by molar-refractivity contribution is 6.33. The van der Waals surface area contributed by atoms with Crippen LogP contribution in [0.4, 0.5) is 0 Å². The molecule has 0 aromatic carbocycles. The molecule has 0 radical (unpaired) electrons. The summed E-state index contributed by atoms with van der Waals surface area (Å²) in [7, 11) is 0. The third-order valence-corrected chi connectivity index (χ3v) is 7.51. The molecule has 0 bridgehead atoms. The minimum atomic E-state index is -0.0364. The highest BCUT2D eigenvalue weighted by atomic mass is 35.5. The lowest BCUT2D eigenvalue weighted by Crippen LogP contribution is -2.17. The van der Waals surface area contributed by atoms with Gasteiger partial charge in [0.15, 0.2) is 5.78 Å². The Bertz CT molecular complexity index is 1450. The standard InChI is InChI=1S/C27H26ClN5O/c28-22-8-5-15-33-26(22)16-24(31-33)20-12-11-18(6-3-9-23-19(20)7-4-13-29-23)27(34)21-17-30-32-14-2-1-10-25(21)32/h1-2,4-5,8,10,13-18,20,29H,3,6-7,9,11-12H2/t18?,20-/m0/s1. The molecule has 6 nitrogen and oxygen atoms in total. The van der Waals surface area contributed by atoms with Gasteiger partial charge in [0, 0.05) is 29.9 Å². The minimum absolute atomic E-state index is 0.0364. The van der Waals surface area contributed by atoms with E-state index in [-0.39, 0.29) is 17.6 Å². The first-order valence-electron chi connectivity index (χ1n) is 11.9. The Labute approximate surface area is 202 Å². The van der Waals surface area contributed by atoms with Crippen LogP contribution in [0.25, 0.3) is 11.0 Å². The van der Waals surface area contributed by atoms with Gasteiger partial charge in [-0.05, 0) is 80.6 Å². The zero-order valence-corrected chi connectivity index (χ0v) is 19.6. The first-order chi connectivity index (χ1) is 16.7. The zero-order valence-electron chi connectivity index (χ0n) is 18.8. The number of nitrogens with zero attached hydrogens (tertiary/aromatic N) is 4. The van der Waals surface area contributed by atoms with Crippen LogP contribution in [-0.4, -0.2) is 25.0 Å². The number of carbonyl (C=O) groups is 1. The summed E-state index contributed by atoms with van der Waals surface area (Å²) < 4.78 is 3.64. The van der Waals surface area contributed by atoms with Crippen molar-refractivity contribution in [1.82, 2.24) is 24.5 Å². The van der Waals surface area contributed by atoms with E-state index in [0.29, 0.717) is 5.02 Å². The number of carbonyl (C=O) groups excluding carboxylic acids is 1. The van der Waals surface area contributed by atoms with Gasteiger partial charge in [0.05, 0.1) is 33.5 Å². The van der Waals surface area contributed by atoms with Gasteiger partial charge < -0.3 is 5.32 Å². The quantitative estimate of drug-likeness (QED) is 0.375.